The average molecular weight is 401 g/mol. The van der Waals surface area contributed by atoms with Crippen molar-refractivity contribution in [2.75, 3.05) is 6.61 Å². The fourth-order valence-corrected chi connectivity index (χ4v) is 2.76. The lowest BCUT2D eigenvalue weighted by molar-refractivity contribution is -0.515. The van der Waals surface area contributed by atoms with Crippen molar-refractivity contribution in [2.24, 2.45) is 0 Å². The average Bonchev–Trinajstić information content (AvgIpc) is 2.64. The number of hydrogen-bond acceptors (Lipinski definition) is 6. The van der Waals surface area contributed by atoms with Crippen LogP contribution in [0.4, 0.5) is 0 Å². The first-order chi connectivity index (χ1) is 13.4. The summed E-state index contributed by atoms with van der Waals surface area (Å²) < 4.78 is 5.05. The molecule has 0 atom stereocenters. The summed E-state index contributed by atoms with van der Waals surface area (Å²) in [5, 5.41) is 4.46. The minimum absolute atomic E-state index is 0.361. The molecular weight excluding hydrogens is 360 g/mol. The largest absolute Gasteiger partial charge is 0.463 e. The Hall–Kier alpha value is -1.40. The highest BCUT2D eigenvalue weighted by Crippen LogP contribution is 2.16. The Morgan fingerprint density at radius 2 is 1.29 bits per heavy atom. The second-order valence-electron chi connectivity index (χ2n) is 7.75. The number of carbonyl (C=O) groups is 2. The number of rotatable bonds is 18. The van der Waals surface area contributed by atoms with Crippen LogP contribution in [0.1, 0.15) is 105 Å². The molecule has 6 nitrogen and oxygen atoms in total. The molecule has 0 N–H and O–H groups in total. The minimum atomic E-state index is -0.830. The van der Waals surface area contributed by atoms with Gasteiger partial charge in [0.1, 0.15) is 5.60 Å². The fourth-order valence-electron chi connectivity index (χ4n) is 2.76. The molecule has 0 aromatic carbocycles. The molecule has 0 aliphatic rings. The molecule has 0 rings (SSSR count). The summed E-state index contributed by atoms with van der Waals surface area (Å²) in [5.74, 6) is -1.40. The third kappa shape index (κ3) is 18.0. The SMILES string of the molecule is CCCCCCCCCCCCOC(=O)C=CC(=O)OOOC(C)(C)CCC. The Labute approximate surface area is 170 Å². The molecule has 0 saturated heterocycles. The predicted octanol–water partition coefficient (Wildman–Crippen LogP) is 5.99. The minimum Gasteiger partial charge on any atom is -0.463 e. The van der Waals surface area contributed by atoms with Crippen LogP contribution in [0.15, 0.2) is 12.2 Å². The highest BCUT2D eigenvalue weighted by molar-refractivity contribution is 5.91. The number of ether oxygens (including phenoxy) is 1. The van der Waals surface area contributed by atoms with E-state index in [0.29, 0.717) is 6.61 Å². The summed E-state index contributed by atoms with van der Waals surface area (Å²) in [7, 11) is 0. The van der Waals surface area contributed by atoms with Crippen LogP contribution in [0.3, 0.4) is 0 Å². The van der Waals surface area contributed by atoms with E-state index in [0.717, 1.165) is 37.8 Å². The van der Waals surface area contributed by atoms with Gasteiger partial charge in [0.2, 0.25) is 0 Å². The molecule has 0 amide bonds. The highest BCUT2D eigenvalue weighted by atomic mass is 17.5. The van der Waals surface area contributed by atoms with E-state index in [1.54, 1.807) is 0 Å². The van der Waals surface area contributed by atoms with Crippen LogP contribution < -0.4 is 0 Å². The first-order valence-electron chi connectivity index (χ1n) is 10.8. The normalized spacial score (nSPS) is 11.7. The number of hydrogen-bond donors (Lipinski definition) is 0. The lowest BCUT2D eigenvalue weighted by Crippen LogP contribution is -2.24. The summed E-state index contributed by atoms with van der Waals surface area (Å²) in [4.78, 5) is 32.4. The molecule has 0 aliphatic carbocycles. The second-order valence-corrected chi connectivity index (χ2v) is 7.75. The number of esters is 1. The van der Waals surface area contributed by atoms with Crippen LogP contribution >= 0.6 is 0 Å². The van der Waals surface area contributed by atoms with E-state index in [1.807, 2.05) is 20.8 Å². The van der Waals surface area contributed by atoms with Crippen molar-refractivity contribution in [2.45, 2.75) is 110 Å². The summed E-state index contributed by atoms with van der Waals surface area (Å²) in [6.45, 7) is 8.25. The topological polar surface area (TPSA) is 71.1 Å². The Balaban J connectivity index is 3.58. The van der Waals surface area contributed by atoms with Gasteiger partial charge in [-0.1, -0.05) is 78.1 Å². The third-order valence-electron chi connectivity index (χ3n) is 4.33. The van der Waals surface area contributed by atoms with Gasteiger partial charge in [0.25, 0.3) is 0 Å². The molecule has 6 heteroatoms. The molecule has 0 radical (unpaired) electrons. The summed E-state index contributed by atoms with van der Waals surface area (Å²) in [5.41, 5.74) is -0.549. The van der Waals surface area contributed by atoms with Crippen molar-refractivity contribution in [3.05, 3.63) is 12.2 Å². The van der Waals surface area contributed by atoms with Gasteiger partial charge in [-0.2, -0.15) is 4.89 Å². The molecule has 28 heavy (non-hydrogen) atoms. The Kier molecular flexibility index (Phi) is 16.8. The number of carbonyl (C=O) groups excluding carboxylic acids is 2. The van der Waals surface area contributed by atoms with Gasteiger partial charge >= 0.3 is 11.9 Å². The highest BCUT2D eigenvalue weighted by Gasteiger charge is 2.19. The lowest BCUT2D eigenvalue weighted by atomic mass is 10.0. The molecular formula is C22H40O6. The van der Waals surface area contributed by atoms with Gasteiger partial charge in [0, 0.05) is 12.2 Å². The van der Waals surface area contributed by atoms with Crippen LogP contribution in [0.2, 0.25) is 0 Å². The first kappa shape index (κ1) is 26.6. The molecule has 0 bridgehead atoms. The second kappa shape index (κ2) is 17.7. The van der Waals surface area contributed by atoms with Crippen molar-refractivity contribution >= 4 is 11.9 Å². The van der Waals surface area contributed by atoms with Crippen molar-refractivity contribution in [1.82, 2.24) is 0 Å². The maximum atomic E-state index is 11.5. The van der Waals surface area contributed by atoms with Crippen LogP contribution in [-0.2, 0) is 29.1 Å². The van der Waals surface area contributed by atoms with E-state index in [4.69, 9.17) is 9.62 Å². The van der Waals surface area contributed by atoms with Gasteiger partial charge in [-0.25, -0.2) is 9.59 Å². The van der Waals surface area contributed by atoms with Crippen molar-refractivity contribution in [1.29, 1.82) is 0 Å². The van der Waals surface area contributed by atoms with Crippen LogP contribution in [0.25, 0.3) is 0 Å². The molecule has 164 valence electrons. The van der Waals surface area contributed by atoms with Crippen LogP contribution in [0, 0.1) is 0 Å². The molecule has 0 fully saturated rings. The van der Waals surface area contributed by atoms with E-state index in [1.165, 1.54) is 51.4 Å². The summed E-state index contributed by atoms with van der Waals surface area (Å²) >= 11 is 0. The van der Waals surface area contributed by atoms with Crippen molar-refractivity contribution < 1.29 is 29.1 Å². The Morgan fingerprint density at radius 1 is 0.750 bits per heavy atom. The van der Waals surface area contributed by atoms with Crippen molar-refractivity contribution in [3.8, 4) is 0 Å². The molecule has 0 unspecified atom stereocenters. The quantitative estimate of drug-likeness (QED) is 0.0925. The maximum absolute atomic E-state index is 11.5. The standard InChI is InChI=1S/C22H40O6/c1-5-7-8-9-10-11-12-13-14-15-19-25-20(23)16-17-21(24)26-28-27-22(3,4)18-6-2/h16-17H,5-15,18-19H2,1-4H3. The van der Waals surface area contributed by atoms with E-state index in [2.05, 4.69) is 16.8 Å². The molecule has 0 aliphatic heterocycles. The predicted molar refractivity (Wildman–Crippen MR) is 109 cm³/mol. The number of unbranched alkanes of at least 4 members (excludes halogenated alkanes) is 9. The third-order valence-corrected chi connectivity index (χ3v) is 4.33. The molecule has 0 spiro atoms. The van der Waals surface area contributed by atoms with Gasteiger partial charge in [-0.3, -0.25) is 4.89 Å². The Morgan fingerprint density at radius 3 is 1.86 bits per heavy atom. The van der Waals surface area contributed by atoms with E-state index >= 15 is 0 Å². The zero-order valence-corrected chi connectivity index (χ0v) is 18.3. The van der Waals surface area contributed by atoms with Crippen LogP contribution in [-0.4, -0.2) is 24.1 Å². The molecule has 0 aromatic heterocycles. The van der Waals surface area contributed by atoms with Crippen LogP contribution in [0.5, 0.6) is 0 Å². The molecule has 0 heterocycles. The fraction of sp³-hybridized carbons (Fsp3) is 0.818. The zero-order chi connectivity index (χ0) is 21.1. The maximum Gasteiger partial charge on any atom is 0.369 e. The smallest absolute Gasteiger partial charge is 0.369 e. The lowest BCUT2D eigenvalue weighted by Gasteiger charge is -2.20. The molecule has 0 aromatic rings. The first-order valence-corrected chi connectivity index (χ1v) is 10.8. The Bertz CT molecular complexity index is 431. The summed E-state index contributed by atoms with van der Waals surface area (Å²) in [6, 6.07) is 0. The van der Waals surface area contributed by atoms with Gasteiger partial charge in [-0.05, 0) is 31.7 Å². The van der Waals surface area contributed by atoms with E-state index in [9.17, 15) is 9.59 Å². The van der Waals surface area contributed by atoms with E-state index < -0.39 is 17.5 Å². The van der Waals surface area contributed by atoms with Gasteiger partial charge < -0.3 is 4.74 Å². The molecule has 0 saturated carbocycles. The summed E-state index contributed by atoms with van der Waals surface area (Å²) in [6.07, 6.45) is 15.9. The monoisotopic (exact) mass is 400 g/mol. The van der Waals surface area contributed by atoms with Gasteiger partial charge in [-0.15, -0.1) is 0 Å². The van der Waals surface area contributed by atoms with Gasteiger partial charge in [0.05, 0.1) is 6.61 Å². The van der Waals surface area contributed by atoms with Gasteiger partial charge in [0.15, 0.2) is 0 Å². The van der Waals surface area contributed by atoms with Crippen molar-refractivity contribution in [3.63, 3.8) is 0 Å². The van der Waals surface area contributed by atoms with E-state index in [-0.39, 0.29) is 0 Å². The zero-order valence-electron chi connectivity index (χ0n) is 18.3.